The second-order valence-corrected chi connectivity index (χ2v) is 15.4. The standard InChI is InChI=1S/C30H50O5/c1-25(2)21(33)10-12-27(5)20-15-18(31)23-17(30(8)14-11-22(35-30)26(3,4)34)9-13-28(23,6)29(20,7)16-19(32)24(25)27/h17,19-24,32-34H,9-16H2,1-8H3/t17-,19-,20+,21-,22+,23-,24-,27+,28+,29+,30-/m0/s1. The first-order chi connectivity index (χ1) is 15.9. The SMILES string of the molecule is CC(C)(O)[C@H]1CC[C@@](C)([C@H]2CC[C@]3(C)[C@@H]2C(=O)C[C@@H]2[C@@]4(C)CC[C@H](O)C(C)(C)[C@@H]4[C@@H](O)C[C@]23C)O1. The van der Waals surface area contributed by atoms with E-state index in [9.17, 15) is 20.1 Å². The Bertz CT molecular complexity index is 892. The van der Waals surface area contributed by atoms with Gasteiger partial charge in [0, 0.05) is 12.3 Å². The van der Waals surface area contributed by atoms with Crippen LogP contribution in [-0.4, -0.2) is 50.6 Å². The lowest BCUT2D eigenvalue weighted by molar-refractivity contribution is -0.253. The Morgan fingerprint density at radius 1 is 0.914 bits per heavy atom. The number of carbonyl (C=O) groups is 1. The zero-order chi connectivity index (χ0) is 26.0. The quantitative estimate of drug-likeness (QED) is 0.513. The van der Waals surface area contributed by atoms with Gasteiger partial charge in [-0.2, -0.15) is 0 Å². The largest absolute Gasteiger partial charge is 0.393 e. The van der Waals surface area contributed by atoms with E-state index in [1.165, 1.54) is 0 Å². The van der Waals surface area contributed by atoms with Crippen molar-refractivity contribution in [2.45, 2.75) is 136 Å². The second kappa shape index (κ2) is 7.55. The van der Waals surface area contributed by atoms with E-state index in [1.54, 1.807) is 0 Å². The summed E-state index contributed by atoms with van der Waals surface area (Å²) in [6.07, 6.45) is 5.42. The maximum Gasteiger partial charge on any atom is 0.137 e. The van der Waals surface area contributed by atoms with Gasteiger partial charge < -0.3 is 20.1 Å². The lowest BCUT2D eigenvalue weighted by Crippen LogP contribution is -2.69. The lowest BCUT2D eigenvalue weighted by Gasteiger charge is -2.70. The lowest BCUT2D eigenvalue weighted by atomic mass is 9.34. The van der Waals surface area contributed by atoms with Crippen molar-refractivity contribution in [2.75, 3.05) is 0 Å². The topological polar surface area (TPSA) is 87.0 Å². The molecule has 5 fully saturated rings. The van der Waals surface area contributed by atoms with Gasteiger partial charge >= 0.3 is 0 Å². The second-order valence-electron chi connectivity index (χ2n) is 15.4. The van der Waals surface area contributed by atoms with Gasteiger partial charge in [0.05, 0.1) is 29.5 Å². The summed E-state index contributed by atoms with van der Waals surface area (Å²) < 4.78 is 6.60. The fraction of sp³-hybridized carbons (Fsp3) is 0.967. The van der Waals surface area contributed by atoms with Crippen LogP contribution in [0.2, 0.25) is 0 Å². The van der Waals surface area contributed by atoms with Crippen LogP contribution in [0, 0.1) is 45.3 Å². The third kappa shape index (κ3) is 3.29. The Morgan fingerprint density at radius 3 is 2.17 bits per heavy atom. The Kier molecular flexibility index (Phi) is 5.63. The smallest absolute Gasteiger partial charge is 0.137 e. The molecule has 4 saturated carbocycles. The zero-order valence-corrected chi connectivity index (χ0v) is 23.4. The van der Waals surface area contributed by atoms with E-state index in [1.807, 2.05) is 13.8 Å². The highest BCUT2D eigenvalue weighted by atomic mass is 16.5. The first kappa shape index (κ1) is 26.1. The molecule has 4 aliphatic carbocycles. The van der Waals surface area contributed by atoms with Gasteiger partial charge in [0.1, 0.15) is 5.78 Å². The molecule has 0 spiro atoms. The van der Waals surface area contributed by atoms with Gasteiger partial charge in [-0.05, 0) is 105 Å². The molecule has 0 amide bonds. The average molecular weight is 491 g/mol. The molecule has 1 heterocycles. The highest BCUT2D eigenvalue weighted by Gasteiger charge is 2.73. The minimum atomic E-state index is -0.886. The van der Waals surface area contributed by atoms with Crippen LogP contribution in [0.1, 0.15) is 107 Å². The predicted molar refractivity (Wildman–Crippen MR) is 136 cm³/mol. The molecule has 0 unspecified atom stereocenters. The van der Waals surface area contributed by atoms with Crippen LogP contribution in [-0.2, 0) is 9.53 Å². The number of hydrogen-bond acceptors (Lipinski definition) is 5. The number of fused-ring (bicyclic) bond motifs is 5. The number of aliphatic hydroxyl groups is 3. The number of hydrogen-bond donors (Lipinski definition) is 3. The summed E-state index contributed by atoms with van der Waals surface area (Å²) >= 11 is 0. The molecule has 0 aromatic heterocycles. The van der Waals surface area contributed by atoms with Crippen LogP contribution >= 0.6 is 0 Å². The van der Waals surface area contributed by atoms with Gasteiger partial charge in [0.2, 0.25) is 0 Å². The van der Waals surface area contributed by atoms with Crippen molar-refractivity contribution in [3.8, 4) is 0 Å². The Labute approximate surface area is 212 Å². The van der Waals surface area contributed by atoms with Gasteiger partial charge in [-0.25, -0.2) is 0 Å². The highest BCUT2D eigenvalue weighted by Crippen LogP contribution is 2.75. The van der Waals surface area contributed by atoms with Gasteiger partial charge in [-0.15, -0.1) is 0 Å². The van der Waals surface area contributed by atoms with Crippen molar-refractivity contribution in [2.24, 2.45) is 45.3 Å². The van der Waals surface area contributed by atoms with Crippen molar-refractivity contribution >= 4 is 5.78 Å². The highest BCUT2D eigenvalue weighted by molar-refractivity contribution is 5.84. The monoisotopic (exact) mass is 490 g/mol. The fourth-order valence-corrected chi connectivity index (χ4v) is 10.9. The summed E-state index contributed by atoms with van der Waals surface area (Å²) in [7, 11) is 0. The molecular formula is C30H50O5. The van der Waals surface area contributed by atoms with Crippen molar-refractivity contribution in [3.05, 3.63) is 0 Å². The number of Topliss-reactive ketones (excluding diaryl/α,β-unsaturated/α-hetero) is 1. The molecule has 5 heteroatoms. The molecule has 11 atom stereocenters. The Morgan fingerprint density at radius 2 is 1.57 bits per heavy atom. The minimum absolute atomic E-state index is 0.00907. The van der Waals surface area contributed by atoms with E-state index in [2.05, 4.69) is 41.5 Å². The molecule has 5 rings (SSSR count). The number of rotatable bonds is 2. The molecule has 1 aliphatic heterocycles. The van der Waals surface area contributed by atoms with Crippen LogP contribution in [0.3, 0.4) is 0 Å². The number of ether oxygens (including phenoxy) is 1. The summed E-state index contributed by atoms with van der Waals surface area (Å²) in [5.74, 6) is 0.671. The summed E-state index contributed by atoms with van der Waals surface area (Å²) in [5, 5.41) is 33.2. The van der Waals surface area contributed by atoms with Crippen LogP contribution in [0.25, 0.3) is 0 Å². The van der Waals surface area contributed by atoms with Crippen LogP contribution < -0.4 is 0 Å². The molecular weight excluding hydrogens is 440 g/mol. The molecule has 0 radical (unpaired) electrons. The van der Waals surface area contributed by atoms with Gasteiger partial charge in [-0.3, -0.25) is 4.79 Å². The number of aliphatic hydroxyl groups excluding tert-OH is 2. The van der Waals surface area contributed by atoms with E-state index < -0.39 is 23.4 Å². The summed E-state index contributed by atoms with van der Waals surface area (Å²) in [6, 6.07) is 0. The maximum atomic E-state index is 14.2. The van der Waals surface area contributed by atoms with Crippen molar-refractivity contribution in [3.63, 3.8) is 0 Å². The van der Waals surface area contributed by atoms with Gasteiger partial charge in [0.25, 0.3) is 0 Å². The van der Waals surface area contributed by atoms with Crippen LogP contribution in [0.15, 0.2) is 0 Å². The van der Waals surface area contributed by atoms with Crippen molar-refractivity contribution in [1.82, 2.24) is 0 Å². The molecule has 5 aliphatic rings. The molecule has 0 aromatic rings. The molecule has 200 valence electrons. The average Bonchev–Trinajstić information content (AvgIpc) is 3.30. The first-order valence-electron chi connectivity index (χ1n) is 14.2. The predicted octanol–water partition coefficient (Wildman–Crippen LogP) is 4.89. The van der Waals surface area contributed by atoms with E-state index in [-0.39, 0.29) is 51.4 Å². The molecule has 0 aromatic carbocycles. The normalized spacial score (nSPS) is 55.9. The van der Waals surface area contributed by atoms with E-state index >= 15 is 0 Å². The number of ketones is 1. The van der Waals surface area contributed by atoms with E-state index in [0.29, 0.717) is 18.6 Å². The zero-order valence-electron chi connectivity index (χ0n) is 23.4. The van der Waals surface area contributed by atoms with E-state index in [0.717, 1.165) is 38.5 Å². The fourth-order valence-electron chi connectivity index (χ4n) is 10.9. The molecule has 5 nitrogen and oxygen atoms in total. The van der Waals surface area contributed by atoms with Crippen LogP contribution in [0.4, 0.5) is 0 Å². The number of carbonyl (C=O) groups excluding carboxylic acids is 1. The van der Waals surface area contributed by atoms with Gasteiger partial charge in [0.15, 0.2) is 0 Å². The molecule has 1 saturated heterocycles. The van der Waals surface area contributed by atoms with Crippen molar-refractivity contribution in [1.29, 1.82) is 0 Å². The van der Waals surface area contributed by atoms with Gasteiger partial charge in [-0.1, -0.05) is 34.6 Å². The van der Waals surface area contributed by atoms with Crippen molar-refractivity contribution < 1.29 is 24.9 Å². The summed E-state index contributed by atoms with van der Waals surface area (Å²) in [4.78, 5) is 14.2. The minimum Gasteiger partial charge on any atom is -0.393 e. The molecule has 0 bridgehead atoms. The van der Waals surface area contributed by atoms with Crippen LogP contribution in [0.5, 0.6) is 0 Å². The van der Waals surface area contributed by atoms with E-state index in [4.69, 9.17) is 4.74 Å². The summed E-state index contributed by atoms with van der Waals surface area (Å²) in [6.45, 7) is 17.1. The third-order valence-electron chi connectivity index (χ3n) is 12.9. The Balaban J connectivity index is 1.52. The summed E-state index contributed by atoms with van der Waals surface area (Å²) in [5.41, 5.74) is -2.16. The maximum absolute atomic E-state index is 14.2. The first-order valence-corrected chi connectivity index (χ1v) is 14.2. The molecule has 3 N–H and O–H groups in total. The molecule has 35 heavy (non-hydrogen) atoms. The Hall–Kier alpha value is -0.490. The third-order valence-corrected chi connectivity index (χ3v) is 12.9.